The van der Waals surface area contributed by atoms with Gasteiger partial charge in [0.2, 0.25) is 0 Å². The van der Waals surface area contributed by atoms with Crippen LogP contribution >= 0.6 is 27.5 Å². The van der Waals surface area contributed by atoms with Crippen LogP contribution in [0.15, 0.2) is 40.9 Å². The van der Waals surface area contributed by atoms with Crippen LogP contribution in [0.5, 0.6) is 5.75 Å². The van der Waals surface area contributed by atoms with Crippen molar-refractivity contribution in [2.45, 2.75) is 6.54 Å². The van der Waals surface area contributed by atoms with Crippen molar-refractivity contribution in [1.82, 2.24) is 5.32 Å². The number of hydrogen-bond donors (Lipinski definition) is 1. The second kappa shape index (κ2) is 6.91. The summed E-state index contributed by atoms with van der Waals surface area (Å²) in [6.45, 7) is 0.219. The molecule has 0 atom stereocenters. The normalized spacial score (nSPS) is 10.3. The standard InChI is InChI=1S/C15H12BrClFNO2/c1-21-14-4-2-3-12(17)10(14)8-19-15(20)9-5-6-13(18)11(16)7-9/h2-7H,8H2,1H3,(H,19,20). The van der Waals surface area contributed by atoms with Crippen molar-refractivity contribution in [3.63, 3.8) is 0 Å². The maximum absolute atomic E-state index is 13.2. The highest BCUT2D eigenvalue weighted by atomic mass is 79.9. The van der Waals surface area contributed by atoms with Crippen LogP contribution in [-0.2, 0) is 6.54 Å². The Balaban J connectivity index is 2.13. The van der Waals surface area contributed by atoms with Gasteiger partial charge in [0, 0.05) is 22.7 Å². The quantitative estimate of drug-likeness (QED) is 0.874. The number of benzene rings is 2. The zero-order valence-corrected chi connectivity index (χ0v) is 13.5. The molecule has 0 bridgehead atoms. The van der Waals surface area contributed by atoms with Gasteiger partial charge in [-0.05, 0) is 46.3 Å². The number of rotatable bonds is 4. The van der Waals surface area contributed by atoms with Crippen molar-refractivity contribution < 1.29 is 13.9 Å². The zero-order chi connectivity index (χ0) is 15.4. The second-order valence-electron chi connectivity index (χ2n) is 4.23. The van der Waals surface area contributed by atoms with E-state index in [1.807, 2.05) is 0 Å². The number of hydrogen-bond acceptors (Lipinski definition) is 2. The minimum Gasteiger partial charge on any atom is -0.496 e. The van der Waals surface area contributed by atoms with E-state index in [9.17, 15) is 9.18 Å². The van der Waals surface area contributed by atoms with E-state index in [0.29, 0.717) is 21.9 Å². The van der Waals surface area contributed by atoms with E-state index < -0.39 is 5.82 Å². The fraction of sp³-hybridized carbons (Fsp3) is 0.133. The number of methoxy groups -OCH3 is 1. The Labute approximate surface area is 135 Å². The van der Waals surface area contributed by atoms with E-state index in [0.717, 1.165) is 0 Å². The minimum atomic E-state index is -0.417. The van der Waals surface area contributed by atoms with Gasteiger partial charge in [-0.15, -0.1) is 0 Å². The van der Waals surface area contributed by atoms with Crippen molar-refractivity contribution >= 4 is 33.4 Å². The fourth-order valence-electron chi connectivity index (χ4n) is 1.81. The minimum absolute atomic E-state index is 0.219. The smallest absolute Gasteiger partial charge is 0.251 e. The Morgan fingerprint density at radius 1 is 1.38 bits per heavy atom. The first-order chi connectivity index (χ1) is 10.0. The summed E-state index contributed by atoms with van der Waals surface area (Å²) in [5, 5.41) is 3.24. The van der Waals surface area contributed by atoms with E-state index in [1.165, 1.54) is 25.3 Å². The number of amides is 1. The van der Waals surface area contributed by atoms with E-state index >= 15 is 0 Å². The number of nitrogens with one attached hydrogen (secondary N) is 1. The van der Waals surface area contributed by atoms with Crippen LogP contribution < -0.4 is 10.1 Å². The van der Waals surface area contributed by atoms with Crippen molar-refractivity contribution in [2.24, 2.45) is 0 Å². The number of halogens is 3. The summed E-state index contributed by atoms with van der Waals surface area (Å²) in [6.07, 6.45) is 0. The maximum Gasteiger partial charge on any atom is 0.251 e. The molecule has 0 radical (unpaired) electrons. The average molecular weight is 373 g/mol. The monoisotopic (exact) mass is 371 g/mol. The lowest BCUT2D eigenvalue weighted by atomic mass is 10.1. The van der Waals surface area contributed by atoms with Crippen LogP contribution in [0.4, 0.5) is 4.39 Å². The Kier molecular flexibility index (Phi) is 5.20. The lowest BCUT2D eigenvalue weighted by Gasteiger charge is -2.11. The van der Waals surface area contributed by atoms with Gasteiger partial charge in [0.15, 0.2) is 0 Å². The highest BCUT2D eigenvalue weighted by molar-refractivity contribution is 9.10. The summed E-state index contributed by atoms with van der Waals surface area (Å²) in [7, 11) is 1.54. The topological polar surface area (TPSA) is 38.3 Å². The molecule has 2 rings (SSSR count). The SMILES string of the molecule is COc1cccc(Cl)c1CNC(=O)c1ccc(F)c(Br)c1. The molecular weight excluding hydrogens is 361 g/mol. The van der Waals surface area contributed by atoms with Gasteiger partial charge in [0.25, 0.3) is 5.91 Å². The molecule has 110 valence electrons. The number of carbonyl (C=O) groups excluding carboxylic acids is 1. The van der Waals surface area contributed by atoms with Gasteiger partial charge in [-0.1, -0.05) is 17.7 Å². The predicted octanol–water partition coefficient (Wildman–Crippen LogP) is 4.18. The van der Waals surface area contributed by atoms with Crippen LogP contribution in [0.3, 0.4) is 0 Å². The lowest BCUT2D eigenvalue weighted by molar-refractivity contribution is 0.0950. The molecule has 0 unspecified atom stereocenters. The Morgan fingerprint density at radius 2 is 2.14 bits per heavy atom. The van der Waals surface area contributed by atoms with Crippen LogP contribution in [0.2, 0.25) is 5.02 Å². The Morgan fingerprint density at radius 3 is 2.81 bits per heavy atom. The van der Waals surface area contributed by atoms with Crippen LogP contribution in [-0.4, -0.2) is 13.0 Å². The van der Waals surface area contributed by atoms with Gasteiger partial charge < -0.3 is 10.1 Å². The fourth-order valence-corrected chi connectivity index (χ4v) is 2.42. The van der Waals surface area contributed by atoms with E-state index in [-0.39, 0.29) is 16.9 Å². The zero-order valence-electron chi connectivity index (χ0n) is 11.1. The predicted molar refractivity (Wildman–Crippen MR) is 83.3 cm³/mol. The number of ether oxygens (including phenoxy) is 1. The van der Waals surface area contributed by atoms with Crippen LogP contribution in [0.1, 0.15) is 15.9 Å². The molecular formula is C15H12BrClFNO2. The van der Waals surface area contributed by atoms with Gasteiger partial charge >= 0.3 is 0 Å². The molecule has 2 aromatic carbocycles. The van der Waals surface area contributed by atoms with Crippen molar-refractivity contribution in [3.05, 3.63) is 62.8 Å². The first-order valence-corrected chi connectivity index (χ1v) is 7.24. The molecule has 3 nitrogen and oxygen atoms in total. The van der Waals surface area contributed by atoms with Gasteiger partial charge in [0.05, 0.1) is 11.6 Å². The molecule has 0 heterocycles. The summed E-state index contributed by atoms with van der Waals surface area (Å²) < 4.78 is 18.6. The number of carbonyl (C=O) groups is 1. The Hall–Kier alpha value is -1.59. The summed E-state index contributed by atoms with van der Waals surface area (Å²) in [5.41, 5.74) is 1.05. The van der Waals surface area contributed by atoms with Gasteiger partial charge in [-0.3, -0.25) is 4.79 Å². The molecule has 2 aromatic rings. The lowest BCUT2D eigenvalue weighted by Crippen LogP contribution is -2.23. The largest absolute Gasteiger partial charge is 0.496 e. The third kappa shape index (κ3) is 3.74. The molecule has 1 amide bonds. The molecule has 6 heteroatoms. The Bertz CT molecular complexity index is 679. The highest BCUT2D eigenvalue weighted by Gasteiger charge is 2.12. The van der Waals surface area contributed by atoms with Crippen molar-refractivity contribution in [1.29, 1.82) is 0 Å². The van der Waals surface area contributed by atoms with E-state index in [4.69, 9.17) is 16.3 Å². The molecule has 0 aliphatic rings. The van der Waals surface area contributed by atoms with E-state index in [1.54, 1.807) is 18.2 Å². The molecule has 0 fully saturated rings. The molecule has 0 saturated heterocycles. The summed E-state index contributed by atoms with van der Waals surface area (Å²) in [5.74, 6) is -0.139. The molecule has 0 saturated carbocycles. The molecule has 0 spiro atoms. The van der Waals surface area contributed by atoms with E-state index in [2.05, 4.69) is 21.2 Å². The average Bonchev–Trinajstić information content (AvgIpc) is 2.48. The first-order valence-electron chi connectivity index (χ1n) is 6.07. The molecule has 0 aliphatic carbocycles. The molecule has 1 N–H and O–H groups in total. The van der Waals surface area contributed by atoms with Crippen molar-refractivity contribution in [3.8, 4) is 5.75 Å². The second-order valence-corrected chi connectivity index (χ2v) is 5.49. The highest BCUT2D eigenvalue weighted by Crippen LogP contribution is 2.26. The third-order valence-corrected chi connectivity index (χ3v) is 3.87. The van der Waals surface area contributed by atoms with Gasteiger partial charge in [-0.2, -0.15) is 0 Å². The van der Waals surface area contributed by atoms with Crippen LogP contribution in [0.25, 0.3) is 0 Å². The molecule has 21 heavy (non-hydrogen) atoms. The third-order valence-electron chi connectivity index (χ3n) is 2.90. The summed E-state index contributed by atoms with van der Waals surface area (Å²) in [4.78, 5) is 12.1. The van der Waals surface area contributed by atoms with Crippen molar-refractivity contribution in [2.75, 3.05) is 7.11 Å². The molecule has 0 aromatic heterocycles. The summed E-state index contributed by atoms with van der Waals surface area (Å²) >= 11 is 9.14. The van der Waals surface area contributed by atoms with Crippen LogP contribution in [0, 0.1) is 5.82 Å². The summed E-state index contributed by atoms with van der Waals surface area (Å²) in [6, 6.07) is 9.33. The molecule has 0 aliphatic heterocycles. The van der Waals surface area contributed by atoms with Gasteiger partial charge in [-0.25, -0.2) is 4.39 Å². The maximum atomic E-state index is 13.2. The first kappa shape index (κ1) is 15.8. The van der Waals surface area contributed by atoms with Gasteiger partial charge in [0.1, 0.15) is 11.6 Å².